The minimum Gasteiger partial charge on any atom is -0.468 e. The van der Waals surface area contributed by atoms with E-state index < -0.39 is 0 Å². The molecule has 3 rings (SSSR count). The van der Waals surface area contributed by atoms with Crippen molar-refractivity contribution in [3.63, 3.8) is 0 Å². The van der Waals surface area contributed by atoms with E-state index in [1.807, 2.05) is 6.07 Å². The van der Waals surface area contributed by atoms with E-state index in [0.29, 0.717) is 6.04 Å². The predicted molar refractivity (Wildman–Crippen MR) is 79.8 cm³/mol. The SMILES string of the molecule is CN1CCN(C(CN2CCNCC2)c2ccco2)CC1. The molecule has 0 aliphatic carbocycles. The van der Waals surface area contributed by atoms with Crippen molar-refractivity contribution in [1.82, 2.24) is 20.0 Å². The monoisotopic (exact) mass is 278 g/mol. The third-order valence-corrected chi connectivity index (χ3v) is 4.49. The quantitative estimate of drug-likeness (QED) is 0.866. The Hall–Kier alpha value is -0.880. The van der Waals surface area contributed by atoms with Crippen molar-refractivity contribution in [3.05, 3.63) is 24.2 Å². The van der Waals surface area contributed by atoms with Gasteiger partial charge < -0.3 is 14.6 Å². The van der Waals surface area contributed by atoms with Gasteiger partial charge >= 0.3 is 0 Å². The van der Waals surface area contributed by atoms with E-state index in [1.54, 1.807) is 6.26 Å². The summed E-state index contributed by atoms with van der Waals surface area (Å²) in [6.45, 7) is 10.1. The molecule has 0 bridgehead atoms. The smallest absolute Gasteiger partial charge is 0.122 e. The Morgan fingerprint density at radius 3 is 2.55 bits per heavy atom. The molecule has 0 saturated carbocycles. The highest BCUT2D eigenvalue weighted by atomic mass is 16.3. The number of piperazine rings is 2. The zero-order valence-corrected chi connectivity index (χ0v) is 12.4. The van der Waals surface area contributed by atoms with Crippen LogP contribution in [-0.2, 0) is 0 Å². The fraction of sp³-hybridized carbons (Fsp3) is 0.733. The standard InChI is InChI=1S/C15H26N4O/c1-17-8-10-19(11-9-17)14(15-3-2-12-20-15)13-18-6-4-16-5-7-18/h2-3,12,14,16H,4-11,13H2,1H3. The van der Waals surface area contributed by atoms with Crippen molar-refractivity contribution in [2.75, 3.05) is 66.0 Å². The molecular weight excluding hydrogens is 252 g/mol. The highest BCUT2D eigenvalue weighted by molar-refractivity contribution is 5.06. The largest absolute Gasteiger partial charge is 0.468 e. The van der Waals surface area contributed by atoms with Crippen molar-refractivity contribution in [2.24, 2.45) is 0 Å². The molecule has 2 fully saturated rings. The summed E-state index contributed by atoms with van der Waals surface area (Å²) in [7, 11) is 2.20. The second-order valence-corrected chi connectivity index (χ2v) is 5.92. The van der Waals surface area contributed by atoms with Crippen LogP contribution >= 0.6 is 0 Å². The molecule has 3 heterocycles. The summed E-state index contributed by atoms with van der Waals surface area (Å²) in [6.07, 6.45) is 1.80. The Kier molecular flexibility index (Phi) is 4.73. The minimum atomic E-state index is 0.400. The van der Waals surface area contributed by atoms with Gasteiger partial charge in [-0.05, 0) is 19.2 Å². The zero-order valence-electron chi connectivity index (χ0n) is 12.4. The van der Waals surface area contributed by atoms with Gasteiger partial charge in [-0.1, -0.05) is 0 Å². The summed E-state index contributed by atoms with van der Waals surface area (Å²) in [5, 5.41) is 3.42. The van der Waals surface area contributed by atoms with Crippen LogP contribution < -0.4 is 5.32 Å². The summed E-state index contributed by atoms with van der Waals surface area (Å²) in [4.78, 5) is 7.55. The second kappa shape index (κ2) is 6.72. The summed E-state index contributed by atoms with van der Waals surface area (Å²) < 4.78 is 5.72. The van der Waals surface area contributed by atoms with E-state index in [9.17, 15) is 0 Å². The maximum absolute atomic E-state index is 5.72. The Balaban J connectivity index is 1.67. The molecule has 2 aliphatic heterocycles. The average Bonchev–Trinajstić information content (AvgIpc) is 3.01. The van der Waals surface area contributed by atoms with Gasteiger partial charge in [0.25, 0.3) is 0 Å². The molecule has 2 saturated heterocycles. The lowest BCUT2D eigenvalue weighted by Gasteiger charge is -2.40. The number of likely N-dealkylation sites (N-methyl/N-ethyl adjacent to an activating group) is 1. The molecule has 20 heavy (non-hydrogen) atoms. The lowest BCUT2D eigenvalue weighted by molar-refractivity contribution is 0.0711. The van der Waals surface area contributed by atoms with Crippen LogP contribution in [0.3, 0.4) is 0 Å². The Bertz CT molecular complexity index is 381. The first-order valence-corrected chi connectivity index (χ1v) is 7.72. The van der Waals surface area contributed by atoms with Crippen LogP contribution in [0.25, 0.3) is 0 Å². The Morgan fingerprint density at radius 1 is 1.15 bits per heavy atom. The lowest BCUT2D eigenvalue weighted by Crippen LogP contribution is -2.51. The van der Waals surface area contributed by atoms with Gasteiger partial charge in [0.1, 0.15) is 5.76 Å². The number of nitrogens with one attached hydrogen (secondary N) is 1. The van der Waals surface area contributed by atoms with Crippen molar-refractivity contribution in [3.8, 4) is 0 Å². The van der Waals surface area contributed by atoms with E-state index in [-0.39, 0.29) is 0 Å². The molecule has 5 nitrogen and oxygen atoms in total. The van der Waals surface area contributed by atoms with Gasteiger partial charge in [-0.15, -0.1) is 0 Å². The minimum absolute atomic E-state index is 0.400. The molecule has 0 amide bonds. The predicted octanol–water partition coefficient (Wildman–Crippen LogP) is 0.473. The van der Waals surface area contributed by atoms with Gasteiger partial charge in [-0.2, -0.15) is 0 Å². The zero-order chi connectivity index (χ0) is 13.8. The maximum atomic E-state index is 5.72. The fourth-order valence-corrected chi connectivity index (χ4v) is 3.14. The van der Waals surface area contributed by atoms with Crippen molar-refractivity contribution in [2.45, 2.75) is 6.04 Å². The number of nitrogens with zero attached hydrogens (tertiary/aromatic N) is 3. The normalized spacial score (nSPS) is 24.9. The molecule has 1 atom stereocenters. The summed E-state index contributed by atoms with van der Waals surface area (Å²) >= 11 is 0. The molecular formula is C15H26N4O. The molecule has 1 N–H and O–H groups in total. The second-order valence-electron chi connectivity index (χ2n) is 5.92. The van der Waals surface area contributed by atoms with E-state index >= 15 is 0 Å². The summed E-state index contributed by atoms with van der Waals surface area (Å²) in [6, 6.07) is 4.54. The van der Waals surface area contributed by atoms with E-state index in [1.165, 1.54) is 0 Å². The van der Waals surface area contributed by atoms with Crippen LogP contribution in [0.4, 0.5) is 0 Å². The Labute approximate surface area is 121 Å². The first-order valence-electron chi connectivity index (χ1n) is 7.72. The first kappa shape index (κ1) is 14.1. The van der Waals surface area contributed by atoms with Gasteiger partial charge in [0, 0.05) is 58.9 Å². The van der Waals surface area contributed by atoms with Gasteiger partial charge in [-0.25, -0.2) is 0 Å². The summed E-state index contributed by atoms with van der Waals surface area (Å²) in [5.41, 5.74) is 0. The first-order chi connectivity index (χ1) is 9.83. The molecule has 112 valence electrons. The van der Waals surface area contributed by atoms with Crippen LogP contribution in [0.5, 0.6) is 0 Å². The molecule has 5 heteroatoms. The van der Waals surface area contributed by atoms with Crippen LogP contribution in [0.2, 0.25) is 0 Å². The highest BCUT2D eigenvalue weighted by Crippen LogP contribution is 2.24. The van der Waals surface area contributed by atoms with Crippen molar-refractivity contribution >= 4 is 0 Å². The van der Waals surface area contributed by atoms with Gasteiger partial charge in [0.05, 0.1) is 12.3 Å². The van der Waals surface area contributed by atoms with Crippen LogP contribution in [0, 0.1) is 0 Å². The molecule has 0 spiro atoms. The molecule has 0 aromatic carbocycles. The third kappa shape index (κ3) is 3.41. The van der Waals surface area contributed by atoms with E-state index in [4.69, 9.17) is 4.42 Å². The van der Waals surface area contributed by atoms with Gasteiger partial charge in [0.15, 0.2) is 0 Å². The Morgan fingerprint density at radius 2 is 1.90 bits per heavy atom. The third-order valence-electron chi connectivity index (χ3n) is 4.49. The van der Waals surface area contributed by atoms with Crippen LogP contribution in [0.15, 0.2) is 22.8 Å². The molecule has 1 aromatic rings. The van der Waals surface area contributed by atoms with Crippen molar-refractivity contribution < 1.29 is 4.42 Å². The van der Waals surface area contributed by atoms with Gasteiger partial charge in [-0.3, -0.25) is 9.80 Å². The van der Waals surface area contributed by atoms with E-state index in [0.717, 1.165) is 64.7 Å². The summed E-state index contributed by atoms with van der Waals surface area (Å²) in [5.74, 6) is 1.12. The maximum Gasteiger partial charge on any atom is 0.122 e. The topological polar surface area (TPSA) is 34.9 Å². The number of rotatable bonds is 4. The van der Waals surface area contributed by atoms with E-state index in [2.05, 4.69) is 33.1 Å². The van der Waals surface area contributed by atoms with Gasteiger partial charge in [0.2, 0.25) is 0 Å². The van der Waals surface area contributed by atoms with Crippen LogP contribution in [-0.4, -0.2) is 80.7 Å². The highest BCUT2D eigenvalue weighted by Gasteiger charge is 2.28. The number of hydrogen-bond acceptors (Lipinski definition) is 5. The number of hydrogen-bond donors (Lipinski definition) is 1. The molecule has 1 aromatic heterocycles. The molecule has 0 radical (unpaired) electrons. The van der Waals surface area contributed by atoms with Crippen molar-refractivity contribution in [1.29, 1.82) is 0 Å². The fourth-order valence-electron chi connectivity index (χ4n) is 3.14. The number of furan rings is 1. The van der Waals surface area contributed by atoms with Crippen LogP contribution in [0.1, 0.15) is 11.8 Å². The molecule has 1 unspecified atom stereocenters. The average molecular weight is 278 g/mol. The lowest BCUT2D eigenvalue weighted by atomic mass is 10.1. The molecule has 2 aliphatic rings.